The number of aromatic nitrogens is 1. The number of oxazole rings is 1. The van der Waals surface area contributed by atoms with E-state index < -0.39 is 0 Å². The van der Waals surface area contributed by atoms with E-state index >= 15 is 0 Å². The van der Waals surface area contributed by atoms with E-state index in [9.17, 15) is 0 Å². The Balaban J connectivity index is 1.08. The Kier molecular flexibility index (Phi) is 6.22. The molecule has 0 saturated carbocycles. The van der Waals surface area contributed by atoms with Gasteiger partial charge in [0.2, 0.25) is 5.89 Å². The van der Waals surface area contributed by atoms with E-state index in [1.54, 1.807) is 11.3 Å². The molecular weight excluding hydrogens is 625 g/mol. The van der Waals surface area contributed by atoms with Crippen molar-refractivity contribution in [2.45, 2.75) is 0 Å². The summed E-state index contributed by atoms with van der Waals surface area (Å²) in [7, 11) is 0. The van der Waals surface area contributed by atoms with Gasteiger partial charge in [0.05, 0.1) is 0 Å². The van der Waals surface area contributed by atoms with Crippen LogP contribution in [-0.4, -0.2) is 4.98 Å². The Morgan fingerprint density at radius 1 is 0.458 bits per heavy atom. The summed E-state index contributed by atoms with van der Waals surface area (Å²) in [6.07, 6.45) is 0. The molecule has 226 valence electrons. The van der Waals surface area contributed by atoms with Crippen molar-refractivity contribution in [1.29, 1.82) is 0 Å². The first-order chi connectivity index (χ1) is 23.8. The van der Waals surface area contributed by atoms with E-state index in [0.717, 1.165) is 33.7 Å². The first kappa shape index (κ1) is 27.4. The highest BCUT2D eigenvalue weighted by Crippen LogP contribution is 2.44. The normalized spacial score (nSPS) is 11.8. The molecule has 0 bridgehead atoms. The second kappa shape index (κ2) is 10.9. The Hall–Kier alpha value is -5.75. The van der Waals surface area contributed by atoms with Crippen LogP contribution in [0.4, 0.5) is 17.1 Å². The molecule has 0 spiro atoms. The summed E-state index contributed by atoms with van der Waals surface area (Å²) in [5, 5.41) is 5.06. The number of rotatable bonds is 5. The quantitative estimate of drug-likeness (QED) is 0.186. The first-order valence-electron chi connectivity index (χ1n) is 15.9. The second-order valence-corrected chi connectivity index (χ2v) is 14.1. The number of hydrogen-bond acceptors (Lipinski definition) is 5. The maximum absolute atomic E-state index is 6.21. The number of anilines is 3. The van der Waals surface area contributed by atoms with Crippen LogP contribution in [0.15, 0.2) is 162 Å². The van der Waals surface area contributed by atoms with Crippen molar-refractivity contribution in [3.05, 3.63) is 158 Å². The molecule has 3 heterocycles. The van der Waals surface area contributed by atoms with Crippen molar-refractivity contribution in [2.75, 3.05) is 4.90 Å². The molecule has 3 nitrogen and oxygen atoms in total. The number of fused-ring (bicyclic) bond motifs is 7. The van der Waals surface area contributed by atoms with Gasteiger partial charge in [-0.15, -0.1) is 22.7 Å². The lowest BCUT2D eigenvalue weighted by molar-refractivity contribution is 0.620. The number of para-hydroxylation sites is 1. The van der Waals surface area contributed by atoms with E-state index in [1.807, 2.05) is 41.7 Å². The predicted molar refractivity (Wildman–Crippen MR) is 205 cm³/mol. The molecule has 10 aromatic rings. The molecule has 3 aromatic heterocycles. The van der Waals surface area contributed by atoms with E-state index in [4.69, 9.17) is 9.40 Å². The largest absolute Gasteiger partial charge is 0.436 e. The average Bonchev–Trinajstić information content (AvgIpc) is 3.84. The summed E-state index contributed by atoms with van der Waals surface area (Å²) < 4.78 is 11.3. The lowest BCUT2D eigenvalue weighted by atomic mass is 9.99. The number of benzene rings is 7. The van der Waals surface area contributed by atoms with Crippen LogP contribution >= 0.6 is 22.7 Å². The van der Waals surface area contributed by atoms with Gasteiger partial charge in [0.15, 0.2) is 5.58 Å². The fraction of sp³-hybridized carbons (Fsp3) is 0. The summed E-state index contributed by atoms with van der Waals surface area (Å²) in [5.74, 6) is 0.651. The second-order valence-electron chi connectivity index (χ2n) is 12.0. The SMILES string of the molecule is c1ccc(-c2nc3cc4c(cc3o2)sc2cccc(-c3ccc(N(c5ccccc5)c5ccc6sc7ccccc7c6c5)cc3)c24)cc1. The van der Waals surface area contributed by atoms with Crippen molar-refractivity contribution in [3.63, 3.8) is 0 Å². The molecule has 0 amide bonds. The van der Waals surface area contributed by atoms with Crippen molar-refractivity contribution >= 4 is 91.2 Å². The maximum Gasteiger partial charge on any atom is 0.227 e. The molecule has 0 N–H and O–H groups in total. The average molecular weight is 651 g/mol. The van der Waals surface area contributed by atoms with Gasteiger partial charge in [0.1, 0.15) is 5.52 Å². The summed E-state index contributed by atoms with van der Waals surface area (Å²) in [6, 6.07) is 56.2. The van der Waals surface area contributed by atoms with Gasteiger partial charge in [-0.2, -0.15) is 0 Å². The molecule has 0 aliphatic rings. The third-order valence-electron chi connectivity index (χ3n) is 9.10. The zero-order valence-corrected chi connectivity index (χ0v) is 27.3. The Bertz CT molecular complexity index is 2780. The van der Waals surface area contributed by atoms with Gasteiger partial charge in [-0.1, -0.05) is 78.9 Å². The van der Waals surface area contributed by atoms with Crippen molar-refractivity contribution in [3.8, 4) is 22.6 Å². The fourth-order valence-electron chi connectivity index (χ4n) is 6.86. The third-order valence-corrected chi connectivity index (χ3v) is 11.4. The monoisotopic (exact) mass is 650 g/mol. The van der Waals surface area contributed by atoms with Crippen LogP contribution in [0.5, 0.6) is 0 Å². The number of thiophene rings is 2. The van der Waals surface area contributed by atoms with Gasteiger partial charge in [0.25, 0.3) is 0 Å². The van der Waals surface area contributed by atoms with Crippen LogP contribution in [0.1, 0.15) is 0 Å². The first-order valence-corrected chi connectivity index (χ1v) is 17.6. The van der Waals surface area contributed by atoms with Crippen LogP contribution in [0, 0.1) is 0 Å². The minimum absolute atomic E-state index is 0.651. The maximum atomic E-state index is 6.21. The molecule has 0 radical (unpaired) electrons. The van der Waals surface area contributed by atoms with E-state index in [0.29, 0.717) is 5.89 Å². The van der Waals surface area contributed by atoms with Crippen LogP contribution in [0.2, 0.25) is 0 Å². The predicted octanol–water partition coefficient (Wildman–Crippen LogP) is 13.4. The van der Waals surface area contributed by atoms with E-state index in [1.165, 1.54) is 51.5 Å². The molecule has 0 saturated heterocycles. The zero-order valence-electron chi connectivity index (χ0n) is 25.6. The summed E-state index contributed by atoms with van der Waals surface area (Å²) in [6.45, 7) is 0. The molecule has 0 unspecified atom stereocenters. The van der Waals surface area contributed by atoms with Gasteiger partial charge in [0, 0.05) is 69.0 Å². The minimum Gasteiger partial charge on any atom is -0.436 e. The lowest BCUT2D eigenvalue weighted by Gasteiger charge is -2.26. The fourth-order valence-corrected chi connectivity index (χ4v) is 9.09. The number of nitrogens with zero attached hydrogens (tertiary/aromatic N) is 2. The van der Waals surface area contributed by atoms with Gasteiger partial charge >= 0.3 is 0 Å². The van der Waals surface area contributed by atoms with Crippen LogP contribution in [0.25, 0.3) is 74.0 Å². The third kappa shape index (κ3) is 4.43. The highest BCUT2D eigenvalue weighted by atomic mass is 32.1. The molecule has 48 heavy (non-hydrogen) atoms. The molecule has 0 atom stereocenters. The van der Waals surface area contributed by atoms with Crippen LogP contribution in [0.3, 0.4) is 0 Å². The van der Waals surface area contributed by atoms with E-state index in [-0.39, 0.29) is 0 Å². The summed E-state index contributed by atoms with van der Waals surface area (Å²) in [4.78, 5) is 7.22. The Morgan fingerprint density at radius 2 is 1.15 bits per heavy atom. The molecule has 0 aliphatic heterocycles. The zero-order chi connectivity index (χ0) is 31.6. The standard InChI is InChI=1S/C43H26N2OS2/c1-3-10-28(11-4-1)43-44-36-25-35-41(26-37(36)46-43)48-40-17-9-15-32(42(35)40)27-18-20-30(21-19-27)45(29-12-5-2-6-13-29)31-22-23-39-34(24-31)33-14-7-8-16-38(33)47-39/h1-26H. The Morgan fingerprint density at radius 3 is 2.00 bits per heavy atom. The van der Waals surface area contributed by atoms with Crippen molar-refractivity contribution < 1.29 is 4.42 Å². The van der Waals surface area contributed by atoms with Gasteiger partial charge in [-0.3, -0.25) is 0 Å². The molecule has 10 rings (SSSR count). The molecule has 0 fully saturated rings. The topological polar surface area (TPSA) is 29.3 Å². The highest BCUT2D eigenvalue weighted by Gasteiger charge is 2.18. The molecular formula is C43H26N2OS2. The van der Waals surface area contributed by atoms with Crippen molar-refractivity contribution in [2.24, 2.45) is 0 Å². The minimum atomic E-state index is 0.651. The Labute approximate surface area is 284 Å². The van der Waals surface area contributed by atoms with E-state index in [2.05, 4.69) is 132 Å². The van der Waals surface area contributed by atoms with Crippen molar-refractivity contribution in [1.82, 2.24) is 4.98 Å². The van der Waals surface area contributed by atoms with Gasteiger partial charge in [-0.05, 0) is 83.9 Å². The highest BCUT2D eigenvalue weighted by molar-refractivity contribution is 7.26. The van der Waals surface area contributed by atoms with Gasteiger partial charge < -0.3 is 9.32 Å². The summed E-state index contributed by atoms with van der Waals surface area (Å²) in [5.41, 5.74) is 8.45. The van der Waals surface area contributed by atoms with Crippen LogP contribution in [-0.2, 0) is 0 Å². The molecule has 0 aliphatic carbocycles. The smallest absolute Gasteiger partial charge is 0.227 e. The van der Waals surface area contributed by atoms with Gasteiger partial charge in [-0.25, -0.2) is 4.98 Å². The molecule has 7 aromatic carbocycles. The lowest BCUT2D eigenvalue weighted by Crippen LogP contribution is -2.09. The van der Waals surface area contributed by atoms with Crippen LogP contribution < -0.4 is 4.90 Å². The molecule has 5 heteroatoms. The number of hydrogen-bond donors (Lipinski definition) is 0. The summed E-state index contributed by atoms with van der Waals surface area (Å²) >= 11 is 3.65.